The lowest BCUT2D eigenvalue weighted by atomic mass is 9.99. The summed E-state index contributed by atoms with van der Waals surface area (Å²) in [4.78, 5) is 23.7. The number of carbonyl (C=O) groups is 2. The SMILES string of the molecule is CCCCC(CC)C(=O)OC(C)(C)CC.CCCCC(CC)C(=O)OC(C)(C)CC.OO. The summed E-state index contributed by atoms with van der Waals surface area (Å²) in [6, 6.07) is 0. The molecule has 6 nitrogen and oxygen atoms in total. The van der Waals surface area contributed by atoms with Crippen molar-refractivity contribution in [3.8, 4) is 0 Å². The molecule has 6 heteroatoms. The first kappa shape index (κ1) is 35.4. The molecule has 194 valence electrons. The first-order chi connectivity index (χ1) is 14.9. The molecule has 2 unspecified atom stereocenters. The zero-order valence-corrected chi connectivity index (χ0v) is 22.8. The molecule has 2 N–H and O–H groups in total. The van der Waals surface area contributed by atoms with E-state index in [1.807, 2.05) is 41.5 Å². The van der Waals surface area contributed by atoms with Gasteiger partial charge in [-0.25, -0.2) is 0 Å². The van der Waals surface area contributed by atoms with Gasteiger partial charge in [-0.05, 0) is 66.2 Å². The highest BCUT2D eigenvalue weighted by Gasteiger charge is 2.26. The highest BCUT2D eigenvalue weighted by Crippen LogP contribution is 2.22. The lowest BCUT2D eigenvalue weighted by molar-refractivity contribution is -0.176. The zero-order valence-electron chi connectivity index (χ0n) is 22.8. The average Bonchev–Trinajstić information content (AvgIpc) is 2.76. The van der Waals surface area contributed by atoms with E-state index < -0.39 is 0 Å². The van der Waals surface area contributed by atoms with E-state index in [-0.39, 0.29) is 35.0 Å². The van der Waals surface area contributed by atoms with Crippen LogP contribution in [0.4, 0.5) is 0 Å². The maximum absolute atomic E-state index is 11.8. The largest absolute Gasteiger partial charge is 0.459 e. The quantitative estimate of drug-likeness (QED) is 0.155. The van der Waals surface area contributed by atoms with Crippen LogP contribution in [0.15, 0.2) is 0 Å². The standard InChI is InChI=1S/2C13H26O2.H2O2/c2*1-6-9-10-11(7-2)12(14)15-13(4,5)8-3;1-2/h2*11H,6-10H2,1-5H3;1-2H. The summed E-state index contributed by atoms with van der Waals surface area (Å²) in [6.45, 7) is 20.4. The third-order valence-corrected chi connectivity index (χ3v) is 5.92. The van der Waals surface area contributed by atoms with E-state index in [9.17, 15) is 9.59 Å². The van der Waals surface area contributed by atoms with Gasteiger partial charge in [-0.1, -0.05) is 67.2 Å². The third-order valence-electron chi connectivity index (χ3n) is 5.92. The molecule has 0 bridgehead atoms. The fraction of sp³-hybridized carbons (Fsp3) is 0.923. The van der Waals surface area contributed by atoms with Gasteiger partial charge < -0.3 is 9.47 Å². The van der Waals surface area contributed by atoms with Crippen LogP contribution in [0.5, 0.6) is 0 Å². The predicted molar refractivity (Wildman–Crippen MR) is 133 cm³/mol. The smallest absolute Gasteiger partial charge is 0.309 e. The minimum absolute atomic E-state index is 0.0159. The second kappa shape index (κ2) is 20.5. The molecule has 0 saturated heterocycles. The molecule has 0 heterocycles. The van der Waals surface area contributed by atoms with Crippen LogP contribution in [0.1, 0.15) is 133 Å². The van der Waals surface area contributed by atoms with Crippen LogP contribution in [0, 0.1) is 11.8 Å². The Bertz CT molecular complexity index is 417. The topological polar surface area (TPSA) is 93.1 Å². The van der Waals surface area contributed by atoms with Gasteiger partial charge in [0.2, 0.25) is 0 Å². The van der Waals surface area contributed by atoms with Crippen molar-refractivity contribution in [2.75, 3.05) is 0 Å². The number of esters is 2. The number of unbranched alkanes of at least 4 members (excludes halogenated alkanes) is 2. The van der Waals surface area contributed by atoms with Crippen molar-refractivity contribution in [3.63, 3.8) is 0 Å². The summed E-state index contributed by atoms with van der Waals surface area (Å²) in [5.74, 6) is 0.155. The maximum atomic E-state index is 11.8. The van der Waals surface area contributed by atoms with E-state index in [0.717, 1.165) is 64.2 Å². The maximum Gasteiger partial charge on any atom is 0.309 e. The second-order valence-electron chi connectivity index (χ2n) is 9.56. The van der Waals surface area contributed by atoms with Crippen molar-refractivity contribution in [2.45, 2.75) is 145 Å². The Morgan fingerprint density at radius 3 is 1.12 bits per heavy atom. The Morgan fingerprint density at radius 2 is 0.938 bits per heavy atom. The van der Waals surface area contributed by atoms with E-state index in [1.54, 1.807) is 0 Å². The Kier molecular flexibility index (Phi) is 22.7. The van der Waals surface area contributed by atoms with Crippen molar-refractivity contribution in [1.82, 2.24) is 0 Å². The molecule has 0 saturated carbocycles. The van der Waals surface area contributed by atoms with Gasteiger partial charge in [0.1, 0.15) is 11.2 Å². The van der Waals surface area contributed by atoms with E-state index in [1.165, 1.54) is 0 Å². The second-order valence-corrected chi connectivity index (χ2v) is 9.56. The van der Waals surface area contributed by atoms with E-state index in [2.05, 4.69) is 27.7 Å². The Hall–Kier alpha value is -1.14. The van der Waals surface area contributed by atoms with Crippen molar-refractivity contribution in [1.29, 1.82) is 0 Å². The summed E-state index contributed by atoms with van der Waals surface area (Å²) >= 11 is 0. The van der Waals surface area contributed by atoms with E-state index >= 15 is 0 Å². The van der Waals surface area contributed by atoms with Crippen molar-refractivity contribution < 1.29 is 29.6 Å². The fourth-order valence-electron chi connectivity index (χ4n) is 2.73. The van der Waals surface area contributed by atoms with Gasteiger partial charge in [0, 0.05) is 0 Å². The summed E-state index contributed by atoms with van der Waals surface area (Å²) in [6.07, 6.45) is 9.93. The highest BCUT2D eigenvalue weighted by atomic mass is 17.0. The van der Waals surface area contributed by atoms with Crippen molar-refractivity contribution >= 4 is 11.9 Å². The Morgan fingerprint density at radius 1 is 0.656 bits per heavy atom. The molecule has 0 aromatic heterocycles. The average molecular weight is 463 g/mol. The molecule has 0 aliphatic carbocycles. The van der Waals surface area contributed by atoms with Crippen LogP contribution in [-0.2, 0) is 19.1 Å². The van der Waals surface area contributed by atoms with Crippen LogP contribution in [0.2, 0.25) is 0 Å². The monoisotopic (exact) mass is 462 g/mol. The van der Waals surface area contributed by atoms with E-state index in [0.29, 0.717) is 0 Å². The first-order valence-electron chi connectivity index (χ1n) is 12.6. The van der Waals surface area contributed by atoms with Crippen LogP contribution < -0.4 is 0 Å². The minimum Gasteiger partial charge on any atom is -0.459 e. The summed E-state index contributed by atoms with van der Waals surface area (Å²) in [7, 11) is 0. The Balaban J connectivity index is -0.000000487. The van der Waals surface area contributed by atoms with E-state index in [4.69, 9.17) is 20.0 Å². The lowest BCUT2D eigenvalue weighted by Crippen LogP contribution is -2.30. The molecule has 2 atom stereocenters. The molecule has 0 fully saturated rings. The molecule has 0 rings (SSSR count). The molecule has 0 amide bonds. The highest BCUT2D eigenvalue weighted by molar-refractivity contribution is 5.73. The third kappa shape index (κ3) is 18.4. The number of hydrogen-bond donors (Lipinski definition) is 2. The number of ether oxygens (including phenoxy) is 2. The van der Waals surface area contributed by atoms with Gasteiger partial charge in [0.15, 0.2) is 0 Å². The normalized spacial score (nSPS) is 13.0. The predicted octanol–water partition coefficient (Wildman–Crippen LogP) is 7.89. The molecule has 0 aliphatic rings. The minimum atomic E-state index is -0.309. The molecule has 32 heavy (non-hydrogen) atoms. The molecule has 0 aromatic rings. The van der Waals surface area contributed by atoms with Gasteiger partial charge in [-0.2, -0.15) is 0 Å². The summed E-state index contributed by atoms with van der Waals surface area (Å²) in [5.41, 5.74) is -0.618. The van der Waals surface area contributed by atoms with Gasteiger partial charge in [0.05, 0.1) is 11.8 Å². The Labute approximate surface area is 198 Å². The van der Waals surface area contributed by atoms with Gasteiger partial charge in [-0.15, -0.1) is 0 Å². The van der Waals surface area contributed by atoms with Crippen molar-refractivity contribution in [2.24, 2.45) is 11.8 Å². The molecular weight excluding hydrogens is 408 g/mol. The summed E-state index contributed by atoms with van der Waals surface area (Å²) in [5, 5.41) is 12.0. The van der Waals surface area contributed by atoms with Gasteiger partial charge in [0.25, 0.3) is 0 Å². The number of rotatable bonds is 14. The fourth-order valence-corrected chi connectivity index (χ4v) is 2.73. The van der Waals surface area contributed by atoms with Crippen LogP contribution in [-0.4, -0.2) is 33.7 Å². The molecule has 0 aliphatic heterocycles. The summed E-state index contributed by atoms with van der Waals surface area (Å²) < 4.78 is 11.0. The molecule has 0 spiro atoms. The van der Waals surface area contributed by atoms with Gasteiger partial charge in [-0.3, -0.25) is 20.1 Å². The van der Waals surface area contributed by atoms with Crippen LogP contribution >= 0.6 is 0 Å². The molecule has 0 radical (unpaired) electrons. The van der Waals surface area contributed by atoms with Gasteiger partial charge >= 0.3 is 11.9 Å². The van der Waals surface area contributed by atoms with Crippen LogP contribution in [0.3, 0.4) is 0 Å². The molecular formula is C26H54O6. The lowest BCUT2D eigenvalue weighted by Gasteiger charge is -2.26. The number of carbonyl (C=O) groups excluding carboxylic acids is 2. The van der Waals surface area contributed by atoms with Crippen LogP contribution in [0.25, 0.3) is 0 Å². The number of hydrogen-bond acceptors (Lipinski definition) is 6. The molecule has 0 aromatic carbocycles. The zero-order chi connectivity index (χ0) is 25.8. The van der Waals surface area contributed by atoms with Crippen molar-refractivity contribution in [3.05, 3.63) is 0 Å². The first-order valence-corrected chi connectivity index (χ1v) is 12.6.